The lowest BCUT2D eigenvalue weighted by atomic mass is 10.2. The first kappa shape index (κ1) is 14.7. The first-order valence-electron chi connectivity index (χ1n) is 5.53. The smallest absolute Gasteiger partial charge is 0.164 e. The second kappa shape index (κ2) is 5.76. The number of anilines is 1. The molecule has 2 N–H and O–H groups in total. The molecule has 0 saturated heterocycles. The first-order valence-corrected chi connectivity index (χ1v) is 6.66. The number of benzene rings is 1. The van der Waals surface area contributed by atoms with Gasteiger partial charge in [0.05, 0.1) is 26.4 Å². The summed E-state index contributed by atoms with van der Waals surface area (Å²) in [6.07, 6.45) is 2.07. The Hall–Kier alpha value is -1.67. The Bertz CT molecular complexity index is 728. The van der Waals surface area contributed by atoms with Gasteiger partial charge in [0.1, 0.15) is 11.6 Å². The molecule has 2 aromatic rings. The van der Waals surface area contributed by atoms with Crippen LogP contribution in [0.15, 0.2) is 24.8 Å². The van der Waals surface area contributed by atoms with Crippen LogP contribution in [-0.4, -0.2) is 9.78 Å². The van der Waals surface area contributed by atoms with Gasteiger partial charge >= 0.3 is 0 Å². The fourth-order valence-electron chi connectivity index (χ4n) is 1.80. The molecule has 0 spiro atoms. The number of rotatable bonds is 3. The van der Waals surface area contributed by atoms with Crippen molar-refractivity contribution in [1.82, 2.24) is 9.78 Å². The van der Waals surface area contributed by atoms with Crippen LogP contribution in [0.3, 0.4) is 0 Å². The molecular formula is C13H9Cl3N4. The van der Waals surface area contributed by atoms with E-state index < -0.39 is 0 Å². The molecule has 0 unspecified atom stereocenters. The van der Waals surface area contributed by atoms with E-state index in [1.54, 1.807) is 18.2 Å². The molecule has 2 rings (SSSR count). The minimum absolute atomic E-state index is 0.131. The van der Waals surface area contributed by atoms with Crippen molar-refractivity contribution in [2.75, 3.05) is 5.73 Å². The first-order chi connectivity index (χ1) is 9.51. The van der Waals surface area contributed by atoms with Crippen molar-refractivity contribution in [3.63, 3.8) is 0 Å². The van der Waals surface area contributed by atoms with Crippen molar-refractivity contribution in [3.8, 4) is 11.8 Å². The Morgan fingerprint density at radius 3 is 2.65 bits per heavy atom. The number of nitrogens with two attached hydrogens (primary N) is 1. The minimum Gasteiger partial charge on any atom is -0.381 e. The molecule has 1 aromatic heterocycles. The molecule has 0 amide bonds. The Morgan fingerprint density at radius 1 is 1.35 bits per heavy atom. The average molecular weight is 328 g/mol. The van der Waals surface area contributed by atoms with Gasteiger partial charge in [0.25, 0.3) is 0 Å². The molecule has 0 aliphatic heterocycles. The van der Waals surface area contributed by atoms with Crippen LogP contribution in [-0.2, 0) is 6.42 Å². The molecule has 0 bridgehead atoms. The highest BCUT2D eigenvalue weighted by molar-refractivity contribution is 6.48. The van der Waals surface area contributed by atoms with E-state index in [1.165, 1.54) is 4.68 Å². The van der Waals surface area contributed by atoms with Gasteiger partial charge < -0.3 is 5.73 Å². The van der Waals surface area contributed by atoms with E-state index in [0.29, 0.717) is 28.4 Å². The molecular weight excluding hydrogens is 319 g/mol. The third kappa shape index (κ3) is 2.36. The van der Waals surface area contributed by atoms with Crippen LogP contribution in [0.1, 0.15) is 11.3 Å². The number of halogens is 3. The zero-order valence-electron chi connectivity index (χ0n) is 10.2. The summed E-state index contributed by atoms with van der Waals surface area (Å²) in [7, 11) is 0. The van der Waals surface area contributed by atoms with Gasteiger partial charge in [-0.2, -0.15) is 5.26 Å². The Kier molecular flexibility index (Phi) is 4.24. The summed E-state index contributed by atoms with van der Waals surface area (Å²) in [5, 5.41) is 14.1. The maximum Gasteiger partial charge on any atom is 0.164 e. The van der Waals surface area contributed by atoms with Crippen molar-refractivity contribution in [2.24, 2.45) is 0 Å². The van der Waals surface area contributed by atoms with Gasteiger partial charge in [0.15, 0.2) is 5.82 Å². The van der Waals surface area contributed by atoms with Gasteiger partial charge in [-0.1, -0.05) is 40.9 Å². The second-order valence-corrected chi connectivity index (χ2v) is 5.08. The highest BCUT2D eigenvalue weighted by atomic mass is 35.5. The van der Waals surface area contributed by atoms with Gasteiger partial charge in [-0.05, 0) is 12.1 Å². The Balaban J connectivity index is 2.74. The monoisotopic (exact) mass is 326 g/mol. The van der Waals surface area contributed by atoms with Crippen LogP contribution in [0.2, 0.25) is 15.1 Å². The number of nitrogen functional groups attached to an aromatic ring is 1. The topological polar surface area (TPSA) is 67.6 Å². The maximum absolute atomic E-state index is 9.16. The van der Waals surface area contributed by atoms with Gasteiger partial charge in [-0.3, -0.25) is 0 Å². The number of nitrogens with zero attached hydrogens (tertiary/aromatic N) is 3. The predicted molar refractivity (Wildman–Crippen MR) is 81.6 cm³/mol. The second-order valence-electron chi connectivity index (χ2n) is 3.92. The van der Waals surface area contributed by atoms with Crippen molar-refractivity contribution in [1.29, 1.82) is 5.26 Å². The van der Waals surface area contributed by atoms with E-state index >= 15 is 0 Å². The highest BCUT2D eigenvalue weighted by Gasteiger charge is 2.19. The summed E-state index contributed by atoms with van der Waals surface area (Å²) in [5.41, 5.74) is 7.15. The van der Waals surface area contributed by atoms with Crippen LogP contribution < -0.4 is 5.73 Å². The van der Waals surface area contributed by atoms with Crippen LogP contribution >= 0.6 is 34.8 Å². The number of hydrogen-bond acceptors (Lipinski definition) is 3. The summed E-state index contributed by atoms with van der Waals surface area (Å²) in [5.74, 6) is 0.131. The molecule has 0 saturated carbocycles. The van der Waals surface area contributed by atoms with Gasteiger partial charge in [-0.25, -0.2) is 4.68 Å². The van der Waals surface area contributed by atoms with Crippen LogP contribution in [0.5, 0.6) is 0 Å². The summed E-state index contributed by atoms with van der Waals surface area (Å²) >= 11 is 18.1. The lowest BCUT2D eigenvalue weighted by Crippen LogP contribution is -2.03. The quantitative estimate of drug-likeness (QED) is 0.684. The fourth-order valence-corrected chi connectivity index (χ4v) is 2.41. The summed E-state index contributed by atoms with van der Waals surface area (Å²) < 4.78 is 1.49. The lowest BCUT2D eigenvalue weighted by Gasteiger charge is -2.10. The standard InChI is InChI=1S/C13H9Cl3N4/c1-2-3-9-7(6-17)13(18)19-20(9)10-5-4-8(14)11(15)12(10)16/h2,4-5H,1,3H2,(H2,18,19). The van der Waals surface area contributed by atoms with E-state index in [1.807, 2.05) is 6.07 Å². The van der Waals surface area contributed by atoms with Crippen molar-refractivity contribution < 1.29 is 0 Å². The average Bonchev–Trinajstić information content (AvgIpc) is 2.73. The molecule has 102 valence electrons. The van der Waals surface area contributed by atoms with Crippen LogP contribution in [0.4, 0.5) is 5.82 Å². The zero-order valence-corrected chi connectivity index (χ0v) is 12.5. The number of hydrogen-bond donors (Lipinski definition) is 1. The highest BCUT2D eigenvalue weighted by Crippen LogP contribution is 2.35. The zero-order chi connectivity index (χ0) is 14.9. The van der Waals surface area contributed by atoms with Crippen molar-refractivity contribution in [2.45, 2.75) is 6.42 Å². The van der Waals surface area contributed by atoms with E-state index in [9.17, 15) is 0 Å². The largest absolute Gasteiger partial charge is 0.381 e. The molecule has 20 heavy (non-hydrogen) atoms. The molecule has 1 heterocycles. The normalized spacial score (nSPS) is 10.3. The molecule has 1 aromatic carbocycles. The van der Waals surface area contributed by atoms with Crippen molar-refractivity contribution >= 4 is 40.6 Å². The molecule has 0 aliphatic rings. The van der Waals surface area contributed by atoms with Gasteiger partial charge in [-0.15, -0.1) is 11.7 Å². The minimum atomic E-state index is 0.131. The molecule has 0 aliphatic carbocycles. The number of nitriles is 1. The van der Waals surface area contributed by atoms with Gasteiger partial charge in [0.2, 0.25) is 0 Å². The molecule has 0 radical (unpaired) electrons. The molecule has 4 nitrogen and oxygen atoms in total. The summed E-state index contributed by atoms with van der Waals surface area (Å²) in [4.78, 5) is 0. The third-order valence-corrected chi connectivity index (χ3v) is 3.98. The van der Waals surface area contributed by atoms with E-state index in [0.717, 1.165) is 0 Å². The lowest BCUT2D eigenvalue weighted by molar-refractivity contribution is 0.832. The molecule has 0 atom stereocenters. The molecule has 7 heteroatoms. The van der Waals surface area contributed by atoms with E-state index in [-0.39, 0.29) is 15.9 Å². The number of aromatic nitrogens is 2. The fraction of sp³-hybridized carbons (Fsp3) is 0.0769. The third-order valence-electron chi connectivity index (χ3n) is 2.70. The van der Waals surface area contributed by atoms with Crippen LogP contribution in [0.25, 0.3) is 5.69 Å². The summed E-state index contributed by atoms with van der Waals surface area (Å²) in [6.45, 7) is 3.66. The maximum atomic E-state index is 9.16. The summed E-state index contributed by atoms with van der Waals surface area (Å²) in [6, 6.07) is 5.29. The van der Waals surface area contributed by atoms with E-state index in [4.69, 9.17) is 45.8 Å². The number of allylic oxidation sites excluding steroid dienone is 1. The molecule has 0 fully saturated rings. The van der Waals surface area contributed by atoms with Gasteiger partial charge in [0, 0.05) is 6.42 Å². The van der Waals surface area contributed by atoms with Crippen molar-refractivity contribution in [3.05, 3.63) is 51.1 Å². The predicted octanol–water partition coefficient (Wildman–Crippen LogP) is 4.01. The van der Waals surface area contributed by atoms with E-state index in [2.05, 4.69) is 11.7 Å². The SMILES string of the molecule is C=CCc1c(C#N)c(N)nn1-c1ccc(Cl)c(Cl)c1Cl. The Labute approximate surface area is 131 Å². The van der Waals surface area contributed by atoms with Crippen LogP contribution in [0, 0.1) is 11.3 Å². The Morgan fingerprint density at radius 2 is 2.05 bits per heavy atom.